The lowest BCUT2D eigenvalue weighted by atomic mass is 9.91. The number of hydrogen-bond donors (Lipinski definition) is 0. The Labute approximate surface area is 223 Å². The molecule has 206 valence electrons. The summed E-state index contributed by atoms with van der Waals surface area (Å²) in [5.41, 5.74) is 0. The monoisotopic (exact) mass is 568 g/mol. The first kappa shape index (κ1) is 31.2. The lowest BCUT2D eigenvalue weighted by Crippen LogP contribution is -2.43. The topological polar surface area (TPSA) is 104 Å². The summed E-state index contributed by atoms with van der Waals surface area (Å²) in [4.78, 5) is 12.3. The molecule has 0 radical (unpaired) electrons. The van der Waals surface area contributed by atoms with Crippen molar-refractivity contribution in [2.75, 3.05) is 25.2 Å². The second-order valence-corrected chi connectivity index (χ2v) is 19.8. The van der Waals surface area contributed by atoms with E-state index in [1.54, 1.807) is 36.4 Å². The van der Waals surface area contributed by atoms with Crippen molar-refractivity contribution in [2.45, 2.75) is 61.5 Å². The van der Waals surface area contributed by atoms with Gasteiger partial charge in [-0.15, -0.1) is 0 Å². The Morgan fingerprint density at radius 2 is 1.24 bits per heavy atom. The van der Waals surface area contributed by atoms with Crippen LogP contribution in [0.25, 0.3) is 0 Å². The van der Waals surface area contributed by atoms with Crippen molar-refractivity contribution < 1.29 is 30.8 Å². The molecule has 0 saturated carbocycles. The zero-order valence-corrected chi connectivity index (χ0v) is 25.3. The second-order valence-electron chi connectivity index (χ2n) is 10.9. The van der Waals surface area contributed by atoms with E-state index in [-0.39, 0.29) is 45.8 Å². The molecule has 0 aromatic heterocycles. The summed E-state index contributed by atoms with van der Waals surface area (Å²) in [6, 6.07) is 16.0. The Kier molecular flexibility index (Phi) is 10.7. The van der Waals surface area contributed by atoms with Crippen LogP contribution in [0, 0.1) is 11.8 Å². The summed E-state index contributed by atoms with van der Waals surface area (Å²) in [6.07, 6.45) is 0.288. The van der Waals surface area contributed by atoms with Crippen molar-refractivity contribution in [3.63, 3.8) is 0 Å². The predicted octanol–water partition coefficient (Wildman–Crippen LogP) is 5.14. The van der Waals surface area contributed by atoms with Crippen LogP contribution >= 0.6 is 0 Å². The van der Waals surface area contributed by atoms with Gasteiger partial charge in [0, 0.05) is 13.0 Å². The number of ether oxygens (including phenoxy) is 1. The summed E-state index contributed by atoms with van der Waals surface area (Å²) in [7, 11) is -8.57. The number of esters is 1. The van der Waals surface area contributed by atoms with E-state index in [2.05, 4.69) is 33.9 Å². The van der Waals surface area contributed by atoms with E-state index in [9.17, 15) is 21.6 Å². The van der Waals surface area contributed by atoms with Crippen molar-refractivity contribution in [1.82, 2.24) is 0 Å². The van der Waals surface area contributed by atoms with Gasteiger partial charge in [0.25, 0.3) is 0 Å². The fourth-order valence-corrected chi connectivity index (χ4v) is 8.37. The normalized spacial score (nSPS) is 13.9. The van der Waals surface area contributed by atoms with Crippen LogP contribution in [0.15, 0.2) is 70.5 Å². The molecule has 2 rings (SSSR count). The number of carbonyl (C=O) groups is 1. The fraction of sp³-hybridized carbons (Fsp3) is 0.519. The average molecular weight is 569 g/mol. The highest BCUT2D eigenvalue weighted by Gasteiger charge is 2.39. The van der Waals surface area contributed by atoms with E-state index in [0.29, 0.717) is 0 Å². The molecule has 37 heavy (non-hydrogen) atoms. The minimum Gasteiger partial charge on any atom is -0.469 e. The minimum atomic E-state index is -3.81. The zero-order valence-electron chi connectivity index (χ0n) is 22.6. The molecule has 10 heteroatoms. The van der Waals surface area contributed by atoms with E-state index in [1.165, 1.54) is 31.4 Å². The number of sulfone groups is 2. The van der Waals surface area contributed by atoms with Crippen LogP contribution in [0.5, 0.6) is 0 Å². The van der Waals surface area contributed by atoms with Crippen molar-refractivity contribution in [3.8, 4) is 0 Å². The molecule has 0 N–H and O–H groups in total. The summed E-state index contributed by atoms with van der Waals surface area (Å²) < 4.78 is 64.9. The Balaban J connectivity index is 2.49. The standard InChI is InChI=1S/C27H40O7S2Si/c1-27(2,3)37(5,6)34-19-22(17-18-26(28)33-4)23(20-35(29,30)24-13-9-7-10-14-24)21-36(31,32)25-15-11-8-12-16-25/h7-16,22-23H,17-21H2,1-6H3. The third kappa shape index (κ3) is 9.05. The summed E-state index contributed by atoms with van der Waals surface area (Å²) in [6.45, 7) is 10.6. The molecule has 0 aliphatic rings. The maximum absolute atomic E-state index is 13.4. The molecule has 1 unspecified atom stereocenters. The Hall–Kier alpha value is -2.01. The number of carbonyl (C=O) groups excluding carboxylic acids is 1. The molecule has 0 spiro atoms. The van der Waals surface area contributed by atoms with Gasteiger partial charge in [-0.1, -0.05) is 57.2 Å². The number of hydrogen-bond acceptors (Lipinski definition) is 7. The molecule has 0 saturated heterocycles. The SMILES string of the molecule is COC(=O)CCC(CO[Si](C)(C)C(C)(C)C)C(CS(=O)(=O)c1ccccc1)CS(=O)(=O)c1ccccc1. The third-order valence-corrected chi connectivity index (χ3v) is 15.4. The molecule has 7 nitrogen and oxygen atoms in total. The second kappa shape index (κ2) is 12.7. The summed E-state index contributed by atoms with van der Waals surface area (Å²) in [5.74, 6) is -2.49. The van der Waals surface area contributed by atoms with Crippen molar-refractivity contribution >= 4 is 34.0 Å². The zero-order chi connectivity index (χ0) is 27.9. The number of benzene rings is 2. The van der Waals surface area contributed by atoms with Crippen LogP contribution in [-0.2, 0) is 33.6 Å². The number of methoxy groups -OCH3 is 1. The van der Waals surface area contributed by atoms with E-state index in [4.69, 9.17) is 9.16 Å². The molecule has 2 aromatic rings. The Morgan fingerprint density at radius 3 is 1.62 bits per heavy atom. The van der Waals surface area contributed by atoms with Crippen molar-refractivity contribution in [2.24, 2.45) is 11.8 Å². The Bertz CT molecular complexity index is 1150. The fourth-order valence-electron chi connectivity index (χ4n) is 3.72. The lowest BCUT2D eigenvalue weighted by molar-refractivity contribution is -0.141. The largest absolute Gasteiger partial charge is 0.469 e. The lowest BCUT2D eigenvalue weighted by Gasteiger charge is -2.38. The molecule has 0 heterocycles. The molecule has 1 atom stereocenters. The van der Waals surface area contributed by atoms with Gasteiger partial charge in [0.2, 0.25) is 0 Å². The van der Waals surface area contributed by atoms with Crippen LogP contribution < -0.4 is 0 Å². The van der Waals surface area contributed by atoms with Crippen molar-refractivity contribution in [3.05, 3.63) is 60.7 Å². The highest BCUT2D eigenvalue weighted by molar-refractivity contribution is 7.92. The van der Waals surface area contributed by atoms with E-state index in [1.807, 2.05) is 0 Å². The maximum atomic E-state index is 13.4. The van der Waals surface area contributed by atoms with Gasteiger partial charge in [-0.2, -0.15) is 0 Å². The van der Waals surface area contributed by atoms with E-state index >= 15 is 0 Å². The summed E-state index contributed by atoms with van der Waals surface area (Å²) >= 11 is 0. The van der Waals surface area contributed by atoms with Gasteiger partial charge in [0.05, 0.1) is 28.4 Å². The van der Waals surface area contributed by atoms with Gasteiger partial charge < -0.3 is 9.16 Å². The molecule has 0 fully saturated rings. The Morgan fingerprint density at radius 1 is 0.811 bits per heavy atom. The van der Waals surface area contributed by atoms with E-state index in [0.717, 1.165) is 0 Å². The van der Waals surface area contributed by atoms with Crippen LogP contribution in [0.3, 0.4) is 0 Å². The molecular formula is C27H40O7S2Si. The molecule has 2 aromatic carbocycles. The highest BCUT2D eigenvalue weighted by atomic mass is 32.2. The minimum absolute atomic E-state index is 0.0370. The molecule has 0 amide bonds. The van der Waals surface area contributed by atoms with Crippen LogP contribution in [0.4, 0.5) is 0 Å². The predicted molar refractivity (Wildman–Crippen MR) is 148 cm³/mol. The molecule has 0 aliphatic heterocycles. The molecule has 0 aliphatic carbocycles. The molecule has 0 bridgehead atoms. The third-order valence-electron chi connectivity index (χ3n) is 7.15. The highest BCUT2D eigenvalue weighted by Crippen LogP contribution is 2.38. The van der Waals surface area contributed by atoms with Crippen LogP contribution in [0.1, 0.15) is 33.6 Å². The quantitative estimate of drug-likeness (QED) is 0.243. The van der Waals surface area contributed by atoms with Gasteiger partial charge in [0.1, 0.15) is 0 Å². The van der Waals surface area contributed by atoms with Crippen molar-refractivity contribution in [1.29, 1.82) is 0 Å². The van der Waals surface area contributed by atoms with Gasteiger partial charge in [0.15, 0.2) is 28.0 Å². The summed E-state index contributed by atoms with van der Waals surface area (Å²) in [5, 5.41) is -0.0956. The maximum Gasteiger partial charge on any atom is 0.305 e. The first-order valence-electron chi connectivity index (χ1n) is 12.4. The van der Waals surface area contributed by atoms with Crippen LogP contribution in [0.2, 0.25) is 18.1 Å². The van der Waals surface area contributed by atoms with Gasteiger partial charge in [-0.3, -0.25) is 4.79 Å². The van der Waals surface area contributed by atoms with Gasteiger partial charge in [-0.25, -0.2) is 16.8 Å². The van der Waals surface area contributed by atoms with Gasteiger partial charge in [-0.05, 0) is 60.7 Å². The smallest absolute Gasteiger partial charge is 0.305 e. The first-order chi connectivity index (χ1) is 17.1. The average Bonchev–Trinajstić information content (AvgIpc) is 2.83. The van der Waals surface area contributed by atoms with Crippen LogP contribution in [-0.4, -0.2) is 56.3 Å². The van der Waals surface area contributed by atoms with E-state index < -0.39 is 45.8 Å². The molecular weight excluding hydrogens is 529 g/mol. The first-order valence-corrected chi connectivity index (χ1v) is 18.6. The van der Waals surface area contributed by atoms with Gasteiger partial charge >= 0.3 is 5.97 Å². The number of rotatable bonds is 13.